The van der Waals surface area contributed by atoms with Crippen LogP contribution >= 0.6 is 0 Å². The van der Waals surface area contributed by atoms with E-state index in [0.717, 1.165) is 18.0 Å². The van der Waals surface area contributed by atoms with Crippen molar-refractivity contribution in [3.8, 4) is 0 Å². The number of hydrogen-bond donors (Lipinski definition) is 3. The Morgan fingerprint density at radius 1 is 1.45 bits per heavy atom. The number of aromatic amines is 1. The molecule has 1 saturated carbocycles. The molecular weight excluding hydrogens is 276 g/mol. The Kier molecular flexibility index (Phi) is 4.02. The molecule has 0 aromatic carbocycles. The summed E-state index contributed by atoms with van der Waals surface area (Å²) in [7, 11) is 0. The zero-order valence-corrected chi connectivity index (χ0v) is 13.5. The lowest BCUT2D eigenvalue weighted by molar-refractivity contribution is 0.415. The molecule has 6 heteroatoms. The molecule has 4 N–H and O–H groups in total. The molecule has 3 unspecified atom stereocenters. The topological polar surface area (TPSA) is 103 Å². The number of amidine groups is 1. The lowest BCUT2D eigenvalue weighted by atomic mass is 9.90. The average molecular weight is 302 g/mol. The Labute approximate surface area is 131 Å². The van der Waals surface area contributed by atoms with Crippen molar-refractivity contribution in [1.82, 2.24) is 10.2 Å². The van der Waals surface area contributed by atoms with E-state index in [1.165, 1.54) is 43.4 Å². The highest BCUT2D eigenvalue weighted by atomic mass is 15.3. The fourth-order valence-corrected chi connectivity index (χ4v) is 4.33. The summed E-state index contributed by atoms with van der Waals surface area (Å²) in [5.41, 5.74) is 4.04. The fourth-order valence-electron chi connectivity index (χ4n) is 4.33. The van der Waals surface area contributed by atoms with Gasteiger partial charge in [0.15, 0.2) is 5.84 Å². The van der Waals surface area contributed by atoms with Crippen LogP contribution in [0.1, 0.15) is 68.8 Å². The molecule has 22 heavy (non-hydrogen) atoms. The Morgan fingerprint density at radius 2 is 2.27 bits per heavy atom. The number of nitrogens with two attached hydrogens (primary N) is 1. The molecule has 1 aromatic heterocycles. The number of fused-ring (bicyclic) bond motifs is 3. The second-order valence-electron chi connectivity index (χ2n) is 7.01. The first-order chi connectivity index (χ1) is 10.6. The predicted octanol–water partition coefficient (Wildman–Crippen LogP) is 3.50. The normalized spacial score (nSPS) is 28.8. The minimum Gasteiger partial charge on any atom is -0.305 e. The van der Waals surface area contributed by atoms with Crippen LogP contribution in [-0.2, 0) is 12.8 Å². The average Bonchev–Trinajstić information content (AvgIpc) is 2.82. The van der Waals surface area contributed by atoms with Crippen LogP contribution < -0.4 is 5.84 Å². The number of hydrogen-bond acceptors (Lipinski definition) is 3. The zero-order chi connectivity index (χ0) is 15.7. The van der Waals surface area contributed by atoms with Crippen LogP contribution in [0.4, 0.5) is 0 Å². The van der Waals surface area contributed by atoms with Crippen molar-refractivity contribution in [1.29, 1.82) is 5.41 Å². The zero-order valence-electron chi connectivity index (χ0n) is 13.5. The largest absolute Gasteiger partial charge is 0.305 e. The van der Waals surface area contributed by atoms with Crippen LogP contribution in [0.3, 0.4) is 0 Å². The maximum absolute atomic E-state index is 7.71. The summed E-state index contributed by atoms with van der Waals surface area (Å²) in [4.78, 5) is 0. The third-order valence-electron chi connectivity index (χ3n) is 5.65. The highest BCUT2D eigenvalue weighted by molar-refractivity contribution is 5.81. The summed E-state index contributed by atoms with van der Waals surface area (Å²) in [5.74, 6) is 6.55. The van der Waals surface area contributed by atoms with E-state index in [2.05, 4.69) is 34.4 Å². The third kappa shape index (κ3) is 2.44. The van der Waals surface area contributed by atoms with Crippen LogP contribution in [-0.4, -0.2) is 16.0 Å². The van der Waals surface area contributed by atoms with Gasteiger partial charge in [-0.2, -0.15) is 5.10 Å². The van der Waals surface area contributed by atoms with E-state index in [1.807, 2.05) is 0 Å². The van der Waals surface area contributed by atoms with Crippen molar-refractivity contribution in [2.45, 2.75) is 64.7 Å². The molecule has 0 aliphatic heterocycles. The molecule has 2 aliphatic carbocycles. The predicted molar refractivity (Wildman–Crippen MR) is 85.9 cm³/mol. The van der Waals surface area contributed by atoms with Crippen LogP contribution in [0.25, 0.3) is 0 Å². The Hall–Kier alpha value is -1.72. The number of aromatic nitrogens is 2. The third-order valence-corrected chi connectivity index (χ3v) is 5.65. The van der Waals surface area contributed by atoms with Gasteiger partial charge in [0.1, 0.15) is 0 Å². The molecule has 3 rings (SSSR count). The first-order valence-corrected chi connectivity index (χ1v) is 8.36. The molecule has 1 fully saturated rings. The second-order valence-corrected chi connectivity index (χ2v) is 7.01. The molecule has 1 heterocycles. The lowest BCUT2D eigenvalue weighted by Gasteiger charge is -2.15. The minimum atomic E-state index is 0.178. The Balaban J connectivity index is 1.63. The van der Waals surface area contributed by atoms with Crippen molar-refractivity contribution in [3.05, 3.63) is 17.0 Å². The highest BCUT2D eigenvalue weighted by Gasteiger charge is 2.65. The summed E-state index contributed by atoms with van der Waals surface area (Å²) < 4.78 is 0. The SMILES string of the molecule is CCCCCCC1(C)C2Cc3c(n[nH]c3CC(=N)N=NN)C21. The van der Waals surface area contributed by atoms with Crippen LogP contribution in [0.15, 0.2) is 10.3 Å². The van der Waals surface area contributed by atoms with Crippen molar-refractivity contribution < 1.29 is 0 Å². The van der Waals surface area contributed by atoms with Gasteiger partial charge in [-0.1, -0.05) is 44.8 Å². The molecule has 120 valence electrons. The van der Waals surface area contributed by atoms with E-state index in [1.54, 1.807) is 0 Å². The van der Waals surface area contributed by atoms with Gasteiger partial charge in [0.2, 0.25) is 0 Å². The number of nitrogens with one attached hydrogen (secondary N) is 2. The van der Waals surface area contributed by atoms with Gasteiger partial charge >= 0.3 is 0 Å². The molecule has 0 spiro atoms. The standard InChI is InChI=1S/C16H26N6/c1-3-4-5-6-7-16(2)11-8-10-12(9-13(17)20-22-18)19-21-15(10)14(11)16/h11,14H,3-9H2,1-2H3,(H,19,21)(H3,17,18,20). The first kappa shape index (κ1) is 15.2. The Morgan fingerprint density at radius 3 is 3.00 bits per heavy atom. The van der Waals surface area contributed by atoms with Crippen molar-refractivity contribution in [2.75, 3.05) is 0 Å². The highest BCUT2D eigenvalue weighted by Crippen LogP contribution is 2.72. The van der Waals surface area contributed by atoms with Gasteiger partial charge < -0.3 is 5.84 Å². The van der Waals surface area contributed by atoms with Gasteiger partial charge in [0.25, 0.3) is 0 Å². The second kappa shape index (κ2) is 5.82. The van der Waals surface area contributed by atoms with Gasteiger partial charge in [-0.3, -0.25) is 10.5 Å². The molecule has 3 atom stereocenters. The number of H-pyrrole nitrogens is 1. The van der Waals surface area contributed by atoms with Gasteiger partial charge in [-0.25, -0.2) is 0 Å². The van der Waals surface area contributed by atoms with Gasteiger partial charge in [0.05, 0.1) is 12.1 Å². The van der Waals surface area contributed by atoms with Crippen molar-refractivity contribution in [3.63, 3.8) is 0 Å². The van der Waals surface area contributed by atoms with E-state index < -0.39 is 0 Å². The van der Waals surface area contributed by atoms with E-state index >= 15 is 0 Å². The van der Waals surface area contributed by atoms with Gasteiger partial charge in [0, 0.05) is 11.6 Å². The summed E-state index contributed by atoms with van der Waals surface area (Å²) >= 11 is 0. The van der Waals surface area contributed by atoms with E-state index in [9.17, 15) is 0 Å². The quantitative estimate of drug-likeness (QED) is 0.179. The van der Waals surface area contributed by atoms with E-state index in [4.69, 9.17) is 11.3 Å². The van der Waals surface area contributed by atoms with E-state index in [-0.39, 0.29) is 5.84 Å². The molecular formula is C16H26N6. The molecule has 2 aliphatic rings. The van der Waals surface area contributed by atoms with Gasteiger partial charge in [-0.05, 0) is 29.7 Å². The number of nitrogens with zero attached hydrogens (tertiary/aromatic N) is 3. The maximum atomic E-state index is 7.71. The fraction of sp³-hybridized carbons (Fsp3) is 0.750. The molecule has 0 radical (unpaired) electrons. The summed E-state index contributed by atoms with van der Waals surface area (Å²) in [6.45, 7) is 4.68. The molecule has 0 saturated heterocycles. The Bertz CT molecular complexity index is 589. The summed E-state index contributed by atoms with van der Waals surface area (Å²) in [6, 6.07) is 0. The monoisotopic (exact) mass is 302 g/mol. The molecule has 0 bridgehead atoms. The van der Waals surface area contributed by atoms with Crippen molar-refractivity contribution >= 4 is 5.84 Å². The molecule has 0 amide bonds. The number of rotatable bonds is 7. The first-order valence-electron chi connectivity index (χ1n) is 8.36. The molecule has 6 nitrogen and oxygen atoms in total. The summed E-state index contributed by atoms with van der Waals surface area (Å²) in [5, 5.41) is 22.1. The van der Waals surface area contributed by atoms with Crippen LogP contribution in [0.5, 0.6) is 0 Å². The van der Waals surface area contributed by atoms with Crippen molar-refractivity contribution in [2.24, 2.45) is 27.5 Å². The van der Waals surface area contributed by atoms with Crippen LogP contribution in [0, 0.1) is 16.7 Å². The van der Waals surface area contributed by atoms with E-state index in [0.29, 0.717) is 17.8 Å². The maximum Gasteiger partial charge on any atom is 0.151 e. The molecule has 1 aromatic rings. The summed E-state index contributed by atoms with van der Waals surface area (Å²) in [6.07, 6.45) is 8.19. The smallest absolute Gasteiger partial charge is 0.151 e. The van der Waals surface area contributed by atoms with Gasteiger partial charge in [-0.15, -0.1) is 5.11 Å². The van der Waals surface area contributed by atoms with Crippen LogP contribution in [0.2, 0.25) is 0 Å². The minimum absolute atomic E-state index is 0.178. The lowest BCUT2D eigenvalue weighted by Crippen LogP contribution is -2.07. The number of unbranched alkanes of at least 4 members (excludes halogenated alkanes) is 3.